The van der Waals surface area contributed by atoms with Crippen LogP contribution in [0, 0.1) is 0 Å². The lowest BCUT2D eigenvalue weighted by molar-refractivity contribution is 0.0851. The van der Waals surface area contributed by atoms with E-state index in [9.17, 15) is 9.59 Å². The second-order valence-electron chi connectivity index (χ2n) is 4.68. The van der Waals surface area contributed by atoms with Crippen LogP contribution in [0.5, 0.6) is 0 Å². The monoisotopic (exact) mass is 430 g/mol. The summed E-state index contributed by atoms with van der Waals surface area (Å²) in [6.45, 7) is 0. The van der Waals surface area contributed by atoms with Crippen LogP contribution in [0.25, 0.3) is 9.53 Å². The van der Waals surface area contributed by atoms with Gasteiger partial charge in [0, 0.05) is 14.1 Å². The first-order chi connectivity index (χ1) is 10.9. The number of thiophene rings is 2. The molecule has 0 aliphatic rings. The molecule has 3 aromatic heterocycles. The number of thiazole rings is 1. The Kier molecular flexibility index (Phi) is 4.67. The molecular weight excluding hydrogens is 420 g/mol. The summed E-state index contributed by atoms with van der Waals surface area (Å²) in [5.41, 5.74) is 4.83. The number of carbonyl (C=O) groups is 2. The first-order valence-electron chi connectivity index (χ1n) is 6.38. The second kappa shape index (κ2) is 6.56. The zero-order chi connectivity index (χ0) is 16.6. The van der Waals surface area contributed by atoms with E-state index in [2.05, 4.69) is 31.8 Å². The van der Waals surface area contributed by atoms with Gasteiger partial charge in [-0.1, -0.05) is 11.3 Å². The highest BCUT2D eigenvalue weighted by Gasteiger charge is 2.16. The number of halogens is 1. The molecule has 0 bridgehead atoms. The van der Waals surface area contributed by atoms with Crippen molar-refractivity contribution in [1.29, 1.82) is 0 Å². The Morgan fingerprint density at radius 3 is 2.35 bits per heavy atom. The van der Waals surface area contributed by atoms with Gasteiger partial charge in [0.15, 0.2) is 5.13 Å². The third kappa shape index (κ3) is 3.55. The lowest BCUT2D eigenvalue weighted by Gasteiger charge is -2.05. The van der Waals surface area contributed by atoms with Crippen LogP contribution >= 0.6 is 49.9 Å². The number of aromatic nitrogens is 1. The maximum absolute atomic E-state index is 12.1. The van der Waals surface area contributed by atoms with Crippen LogP contribution in [0.3, 0.4) is 0 Å². The van der Waals surface area contributed by atoms with Crippen LogP contribution in [-0.4, -0.2) is 30.9 Å². The molecule has 0 aromatic carbocycles. The van der Waals surface area contributed by atoms with Gasteiger partial charge < -0.3 is 4.90 Å². The number of amides is 2. The zero-order valence-electron chi connectivity index (χ0n) is 12.0. The molecule has 0 atom stereocenters. The van der Waals surface area contributed by atoms with Gasteiger partial charge in [-0.15, -0.1) is 22.7 Å². The van der Waals surface area contributed by atoms with E-state index in [1.54, 1.807) is 18.2 Å². The largest absolute Gasteiger partial charge is 0.354 e. The van der Waals surface area contributed by atoms with Crippen LogP contribution < -0.4 is 15.8 Å². The van der Waals surface area contributed by atoms with Crippen LogP contribution in [0.15, 0.2) is 22.0 Å². The average molecular weight is 431 g/mol. The molecule has 120 valence electrons. The molecule has 0 radical (unpaired) electrons. The SMILES string of the molecule is CN(C)c1nc2sc(C(=O)NNC(=O)c3ccc(Br)s3)cc2s1. The highest BCUT2D eigenvalue weighted by atomic mass is 79.9. The van der Waals surface area contributed by atoms with E-state index < -0.39 is 0 Å². The number of nitrogens with one attached hydrogen (secondary N) is 2. The lowest BCUT2D eigenvalue weighted by Crippen LogP contribution is -2.41. The normalized spacial score (nSPS) is 10.7. The fraction of sp³-hybridized carbons (Fsp3) is 0.154. The molecule has 0 unspecified atom stereocenters. The number of hydrogen-bond acceptors (Lipinski definition) is 7. The van der Waals surface area contributed by atoms with Gasteiger partial charge in [-0.3, -0.25) is 20.4 Å². The van der Waals surface area contributed by atoms with Gasteiger partial charge in [-0.05, 0) is 34.1 Å². The summed E-state index contributed by atoms with van der Waals surface area (Å²) < 4.78 is 1.81. The highest BCUT2D eigenvalue weighted by Crippen LogP contribution is 2.33. The molecule has 0 aliphatic heterocycles. The van der Waals surface area contributed by atoms with Crippen molar-refractivity contribution < 1.29 is 9.59 Å². The van der Waals surface area contributed by atoms with Gasteiger partial charge >= 0.3 is 0 Å². The van der Waals surface area contributed by atoms with Crippen molar-refractivity contribution in [2.45, 2.75) is 0 Å². The Morgan fingerprint density at radius 1 is 1.09 bits per heavy atom. The summed E-state index contributed by atoms with van der Waals surface area (Å²) in [5, 5.41) is 0.898. The molecule has 0 spiro atoms. The molecule has 10 heteroatoms. The maximum Gasteiger partial charge on any atom is 0.279 e. The smallest absolute Gasteiger partial charge is 0.279 e. The van der Waals surface area contributed by atoms with Crippen molar-refractivity contribution in [2.75, 3.05) is 19.0 Å². The molecule has 3 heterocycles. The van der Waals surface area contributed by atoms with Crippen molar-refractivity contribution in [3.63, 3.8) is 0 Å². The minimum Gasteiger partial charge on any atom is -0.354 e. The van der Waals surface area contributed by atoms with Crippen molar-refractivity contribution >= 4 is 76.4 Å². The van der Waals surface area contributed by atoms with Crippen molar-refractivity contribution in [3.8, 4) is 0 Å². The van der Waals surface area contributed by atoms with E-state index in [4.69, 9.17) is 0 Å². The van der Waals surface area contributed by atoms with Crippen LogP contribution in [0.1, 0.15) is 19.3 Å². The number of anilines is 1. The topological polar surface area (TPSA) is 74.3 Å². The Labute approximate surface area is 152 Å². The molecule has 3 rings (SSSR count). The maximum atomic E-state index is 12.1. The van der Waals surface area contributed by atoms with E-state index in [1.165, 1.54) is 34.0 Å². The molecule has 0 saturated heterocycles. The Morgan fingerprint density at radius 2 is 1.78 bits per heavy atom. The molecule has 23 heavy (non-hydrogen) atoms. The van der Waals surface area contributed by atoms with Crippen molar-refractivity contribution in [1.82, 2.24) is 15.8 Å². The molecule has 0 fully saturated rings. The Balaban J connectivity index is 1.66. The summed E-state index contributed by atoms with van der Waals surface area (Å²) in [7, 11) is 3.85. The molecule has 6 nitrogen and oxygen atoms in total. The van der Waals surface area contributed by atoms with Crippen molar-refractivity contribution in [3.05, 3.63) is 31.7 Å². The summed E-state index contributed by atoms with van der Waals surface area (Å²) in [5.74, 6) is -0.698. The minimum atomic E-state index is -0.351. The number of rotatable bonds is 3. The number of fused-ring (bicyclic) bond motifs is 1. The standard InChI is InChI=1S/C13H11BrN4O2S3/c1-18(2)13-15-12-8(23-13)5-7(22-12)11(20)17-16-10(19)6-3-4-9(14)21-6/h3-5H,1-2H3,(H,16,19)(H,17,20). The number of hydrazine groups is 1. The molecule has 3 aromatic rings. The van der Waals surface area contributed by atoms with Crippen LogP contribution in [0.4, 0.5) is 5.13 Å². The fourth-order valence-electron chi connectivity index (χ4n) is 1.70. The van der Waals surface area contributed by atoms with E-state index in [0.717, 1.165) is 18.4 Å². The minimum absolute atomic E-state index is 0.347. The van der Waals surface area contributed by atoms with Crippen LogP contribution in [-0.2, 0) is 0 Å². The molecular formula is C13H11BrN4O2S3. The zero-order valence-corrected chi connectivity index (χ0v) is 16.1. The molecule has 0 saturated carbocycles. The molecule has 0 aliphatic carbocycles. The highest BCUT2D eigenvalue weighted by molar-refractivity contribution is 9.11. The third-order valence-electron chi connectivity index (χ3n) is 2.77. The quantitative estimate of drug-likeness (QED) is 0.624. The summed E-state index contributed by atoms with van der Waals surface area (Å²) in [4.78, 5) is 32.2. The van der Waals surface area contributed by atoms with Gasteiger partial charge in [0.2, 0.25) is 0 Å². The summed E-state index contributed by atoms with van der Waals surface area (Å²) in [6.07, 6.45) is 0. The first kappa shape index (κ1) is 16.4. The summed E-state index contributed by atoms with van der Waals surface area (Å²) >= 11 is 7.41. The number of carbonyl (C=O) groups excluding carboxylic acids is 2. The average Bonchev–Trinajstić information content (AvgIpc) is 3.17. The fourth-order valence-corrected chi connectivity index (χ4v) is 5.01. The van der Waals surface area contributed by atoms with Gasteiger partial charge in [0.1, 0.15) is 4.83 Å². The number of hydrogen-bond donors (Lipinski definition) is 2. The second-order valence-corrected chi connectivity index (χ2v) is 9.19. The Bertz CT molecular complexity index is 851. The summed E-state index contributed by atoms with van der Waals surface area (Å²) in [6, 6.07) is 5.25. The predicted molar refractivity (Wildman–Crippen MR) is 98.8 cm³/mol. The van der Waals surface area contributed by atoms with Crippen LogP contribution in [0.2, 0.25) is 0 Å². The molecule has 2 N–H and O–H groups in total. The van der Waals surface area contributed by atoms with E-state index in [1.807, 2.05) is 19.0 Å². The lowest BCUT2D eigenvalue weighted by atomic mass is 10.4. The predicted octanol–water partition coefficient (Wildman–Crippen LogP) is 3.32. The Hall–Kier alpha value is -1.49. The van der Waals surface area contributed by atoms with Gasteiger partial charge in [0.05, 0.1) is 18.2 Å². The van der Waals surface area contributed by atoms with Gasteiger partial charge in [0.25, 0.3) is 11.8 Å². The van der Waals surface area contributed by atoms with E-state index >= 15 is 0 Å². The number of nitrogens with zero attached hydrogens (tertiary/aromatic N) is 2. The third-order valence-corrected chi connectivity index (χ3v) is 6.72. The van der Waals surface area contributed by atoms with E-state index in [-0.39, 0.29) is 11.8 Å². The van der Waals surface area contributed by atoms with Gasteiger partial charge in [-0.2, -0.15) is 0 Å². The van der Waals surface area contributed by atoms with E-state index in [0.29, 0.717) is 9.75 Å². The van der Waals surface area contributed by atoms with Gasteiger partial charge in [-0.25, -0.2) is 4.98 Å². The first-order valence-corrected chi connectivity index (χ1v) is 9.62. The molecule has 2 amide bonds. The van der Waals surface area contributed by atoms with Crippen molar-refractivity contribution in [2.24, 2.45) is 0 Å².